The summed E-state index contributed by atoms with van der Waals surface area (Å²) in [7, 11) is 0. The van der Waals surface area contributed by atoms with Crippen LogP contribution in [0.1, 0.15) is 5.56 Å². The third-order valence-corrected chi connectivity index (χ3v) is 3.63. The van der Waals surface area contributed by atoms with Crippen LogP contribution >= 0.6 is 34.2 Å². The van der Waals surface area contributed by atoms with E-state index < -0.39 is 0 Å². The molecular weight excluding hydrogens is 387 g/mol. The number of halogens is 2. The summed E-state index contributed by atoms with van der Waals surface area (Å²) in [5, 5.41) is 6.65. The minimum absolute atomic E-state index is 0.0554. The van der Waals surface area contributed by atoms with Crippen molar-refractivity contribution in [3.63, 3.8) is 0 Å². The molecule has 2 rings (SSSR count). The van der Waals surface area contributed by atoms with Gasteiger partial charge in [-0.1, -0.05) is 23.7 Å². The summed E-state index contributed by atoms with van der Waals surface area (Å²) in [5.74, 6) is -0.0554. The first-order valence-corrected chi connectivity index (χ1v) is 7.60. The summed E-state index contributed by atoms with van der Waals surface area (Å²) in [5.41, 5.74) is 1.90. The lowest BCUT2D eigenvalue weighted by Gasteiger charge is -2.07. The van der Waals surface area contributed by atoms with Gasteiger partial charge >= 0.3 is 0 Å². The van der Waals surface area contributed by atoms with Gasteiger partial charge in [0.1, 0.15) is 0 Å². The van der Waals surface area contributed by atoms with Gasteiger partial charge in [0, 0.05) is 20.8 Å². The van der Waals surface area contributed by atoms with Gasteiger partial charge in [-0.15, -0.1) is 0 Å². The lowest BCUT2D eigenvalue weighted by atomic mass is 10.2. The maximum absolute atomic E-state index is 11.7. The fourth-order valence-corrected chi connectivity index (χ4v) is 2.15. The second-order valence-corrected chi connectivity index (χ2v) is 5.97. The molecule has 0 atom stereocenters. The van der Waals surface area contributed by atoms with Crippen molar-refractivity contribution in [3.8, 4) is 0 Å². The molecule has 2 aromatic rings. The highest BCUT2D eigenvalue weighted by atomic mass is 127. The number of amides is 1. The van der Waals surface area contributed by atoms with Gasteiger partial charge in [-0.25, -0.2) is 0 Å². The van der Waals surface area contributed by atoms with Crippen LogP contribution in [0.2, 0.25) is 5.02 Å². The zero-order valence-electron chi connectivity index (χ0n) is 10.7. The Balaban J connectivity index is 1.75. The third kappa shape index (κ3) is 5.11. The van der Waals surface area contributed by atoms with Gasteiger partial charge in [0.05, 0.1) is 6.54 Å². The minimum atomic E-state index is -0.0554. The standard InChI is InChI=1S/C15H14ClIN2O/c16-12-3-1-11(2-4-12)9-18-10-15(20)19-14-7-5-13(17)6-8-14/h1-8,18H,9-10H2,(H,19,20). The van der Waals surface area contributed by atoms with E-state index in [4.69, 9.17) is 11.6 Å². The maximum atomic E-state index is 11.7. The lowest BCUT2D eigenvalue weighted by molar-refractivity contribution is -0.115. The summed E-state index contributed by atoms with van der Waals surface area (Å²) < 4.78 is 1.14. The van der Waals surface area contributed by atoms with Gasteiger partial charge in [0.2, 0.25) is 5.91 Å². The molecule has 0 aliphatic heterocycles. The average molecular weight is 401 g/mol. The zero-order valence-corrected chi connectivity index (χ0v) is 13.6. The highest BCUT2D eigenvalue weighted by molar-refractivity contribution is 14.1. The van der Waals surface area contributed by atoms with Crippen LogP contribution in [-0.4, -0.2) is 12.5 Å². The molecule has 0 fully saturated rings. The van der Waals surface area contributed by atoms with Gasteiger partial charge < -0.3 is 10.6 Å². The molecular formula is C15H14ClIN2O. The number of hydrogen-bond donors (Lipinski definition) is 2. The van der Waals surface area contributed by atoms with Gasteiger partial charge in [-0.3, -0.25) is 4.79 Å². The quantitative estimate of drug-likeness (QED) is 0.752. The highest BCUT2D eigenvalue weighted by Crippen LogP contribution is 2.11. The molecule has 2 aromatic carbocycles. The predicted molar refractivity (Wildman–Crippen MR) is 90.9 cm³/mol. The summed E-state index contributed by atoms with van der Waals surface area (Å²) in [6.45, 7) is 0.909. The van der Waals surface area contributed by atoms with Crippen LogP contribution in [0.4, 0.5) is 5.69 Å². The van der Waals surface area contributed by atoms with E-state index in [2.05, 4.69) is 33.2 Å². The van der Waals surface area contributed by atoms with Crippen molar-refractivity contribution >= 4 is 45.8 Å². The molecule has 104 valence electrons. The molecule has 0 aliphatic rings. The third-order valence-electron chi connectivity index (χ3n) is 2.66. The van der Waals surface area contributed by atoms with Crippen LogP contribution in [0.15, 0.2) is 48.5 Å². The number of carbonyl (C=O) groups is 1. The molecule has 1 amide bonds. The molecule has 0 saturated heterocycles. The number of hydrogen-bond acceptors (Lipinski definition) is 2. The molecule has 20 heavy (non-hydrogen) atoms. The summed E-state index contributed by atoms with van der Waals surface area (Å²) >= 11 is 8.04. The van der Waals surface area contributed by atoms with Gasteiger partial charge in [0.25, 0.3) is 0 Å². The van der Waals surface area contributed by atoms with Crippen LogP contribution in [0.25, 0.3) is 0 Å². The maximum Gasteiger partial charge on any atom is 0.238 e. The molecule has 0 radical (unpaired) electrons. The zero-order chi connectivity index (χ0) is 14.4. The molecule has 5 heteroatoms. The Hall–Kier alpha value is -1.11. The Morgan fingerprint density at radius 2 is 1.70 bits per heavy atom. The minimum Gasteiger partial charge on any atom is -0.325 e. The van der Waals surface area contributed by atoms with Gasteiger partial charge in [-0.05, 0) is 64.6 Å². The Labute approximate surface area is 136 Å². The Bertz CT molecular complexity index is 569. The Morgan fingerprint density at radius 3 is 2.35 bits per heavy atom. The molecule has 0 saturated carbocycles. The van der Waals surface area contributed by atoms with Crippen molar-refractivity contribution in [1.82, 2.24) is 5.32 Å². The van der Waals surface area contributed by atoms with E-state index >= 15 is 0 Å². The van der Waals surface area contributed by atoms with Gasteiger partial charge in [0.15, 0.2) is 0 Å². The van der Waals surface area contributed by atoms with Crippen molar-refractivity contribution in [2.75, 3.05) is 11.9 Å². The molecule has 2 N–H and O–H groups in total. The molecule has 0 unspecified atom stereocenters. The number of nitrogens with one attached hydrogen (secondary N) is 2. The monoisotopic (exact) mass is 400 g/mol. The van der Waals surface area contributed by atoms with E-state index in [1.165, 1.54) is 0 Å². The fourth-order valence-electron chi connectivity index (χ4n) is 1.66. The SMILES string of the molecule is O=C(CNCc1ccc(Cl)cc1)Nc1ccc(I)cc1. The highest BCUT2D eigenvalue weighted by Gasteiger charge is 2.02. The van der Waals surface area contributed by atoms with Crippen LogP contribution in [0, 0.1) is 3.57 Å². The number of rotatable bonds is 5. The molecule has 0 spiro atoms. The molecule has 0 bridgehead atoms. The van der Waals surface area contributed by atoms with Crippen LogP contribution < -0.4 is 10.6 Å². The van der Waals surface area contributed by atoms with Gasteiger partial charge in [-0.2, -0.15) is 0 Å². The van der Waals surface area contributed by atoms with Crippen LogP contribution in [0.5, 0.6) is 0 Å². The second-order valence-electron chi connectivity index (χ2n) is 4.29. The Kier molecular flexibility index (Phi) is 5.82. The van der Waals surface area contributed by atoms with Crippen LogP contribution in [-0.2, 0) is 11.3 Å². The van der Waals surface area contributed by atoms with E-state index in [0.29, 0.717) is 11.6 Å². The fraction of sp³-hybridized carbons (Fsp3) is 0.133. The summed E-state index contributed by atoms with van der Waals surface area (Å²) in [6.07, 6.45) is 0. The lowest BCUT2D eigenvalue weighted by Crippen LogP contribution is -2.27. The van der Waals surface area contributed by atoms with Crippen molar-refractivity contribution in [3.05, 3.63) is 62.7 Å². The molecule has 0 aliphatic carbocycles. The Morgan fingerprint density at radius 1 is 1.05 bits per heavy atom. The van der Waals surface area contributed by atoms with Crippen LogP contribution in [0.3, 0.4) is 0 Å². The molecule has 0 heterocycles. The van der Waals surface area contributed by atoms with E-state index in [1.807, 2.05) is 48.5 Å². The van der Waals surface area contributed by atoms with Crippen molar-refractivity contribution in [1.29, 1.82) is 0 Å². The van der Waals surface area contributed by atoms with E-state index in [-0.39, 0.29) is 12.5 Å². The smallest absolute Gasteiger partial charge is 0.238 e. The number of benzene rings is 2. The first kappa shape index (κ1) is 15.3. The van der Waals surface area contributed by atoms with E-state index in [9.17, 15) is 4.79 Å². The average Bonchev–Trinajstić information content (AvgIpc) is 2.44. The first-order chi connectivity index (χ1) is 9.63. The van der Waals surface area contributed by atoms with Crippen molar-refractivity contribution < 1.29 is 4.79 Å². The van der Waals surface area contributed by atoms with E-state index in [1.54, 1.807) is 0 Å². The van der Waals surface area contributed by atoms with Crippen molar-refractivity contribution in [2.24, 2.45) is 0 Å². The topological polar surface area (TPSA) is 41.1 Å². The normalized spacial score (nSPS) is 10.3. The number of anilines is 1. The number of carbonyl (C=O) groups excluding carboxylic acids is 1. The first-order valence-electron chi connectivity index (χ1n) is 6.14. The van der Waals surface area contributed by atoms with E-state index in [0.717, 1.165) is 14.8 Å². The van der Waals surface area contributed by atoms with Crippen molar-refractivity contribution in [2.45, 2.75) is 6.54 Å². The molecule has 0 aromatic heterocycles. The largest absolute Gasteiger partial charge is 0.325 e. The predicted octanol–water partition coefficient (Wildman–Crippen LogP) is 3.67. The second kappa shape index (κ2) is 7.61. The molecule has 3 nitrogen and oxygen atoms in total. The summed E-state index contributed by atoms with van der Waals surface area (Å²) in [6, 6.07) is 15.2. The summed E-state index contributed by atoms with van der Waals surface area (Å²) in [4.78, 5) is 11.7.